The van der Waals surface area contributed by atoms with Crippen molar-refractivity contribution in [2.24, 2.45) is 5.41 Å². The summed E-state index contributed by atoms with van der Waals surface area (Å²) in [7, 11) is 0. The Balaban J connectivity index is 1.43. The van der Waals surface area contributed by atoms with Crippen LogP contribution >= 0.6 is 0 Å². The molecule has 0 bridgehead atoms. The van der Waals surface area contributed by atoms with Gasteiger partial charge in [-0.1, -0.05) is 12.1 Å². The van der Waals surface area contributed by atoms with E-state index in [-0.39, 0.29) is 0 Å². The molecule has 1 aromatic carbocycles. The first-order valence-corrected chi connectivity index (χ1v) is 8.63. The summed E-state index contributed by atoms with van der Waals surface area (Å²) in [4.78, 5) is 2.57. The van der Waals surface area contributed by atoms with E-state index in [0.717, 1.165) is 18.8 Å². The van der Waals surface area contributed by atoms with Crippen LogP contribution in [0.1, 0.15) is 63.4 Å². The summed E-state index contributed by atoms with van der Waals surface area (Å²) in [5.74, 6) is 0.851. The van der Waals surface area contributed by atoms with Gasteiger partial charge in [-0.05, 0) is 80.9 Å². The first kappa shape index (κ1) is 13.6. The fraction of sp³-hybridized carbons (Fsp3) is 0.684. The van der Waals surface area contributed by atoms with Gasteiger partial charge in [0.15, 0.2) is 0 Å². The minimum absolute atomic E-state index is 0.412. The summed E-state index contributed by atoms with van der Waals surface area (Å²) >= 11 is 0. The molecule has 3 fully saturated rings. The number of benzene rings is 1. The molecule has 1 aliphatic heterocycles. The molecule has 0 unspecified atom stereocenters. The Bertz CT molecular complexity index is 505. The zero-order valence-electron chi connectivity index (χ0n) is 13.1. The molecule has 0 amide bonds. The highest BCUT2D eigenvalue weighted by Gasteiger charge is 2.43. The molecular formula is C19H27NO. The van der Waals surface area contributed by atoms with Gasteiger partial charge in [0.2, 0.25) is 0 Å². The minimum atomic E-state index is -0.412. The van der Waals surface area contributed by atoms with E-state index >= 15 is 0 Å². The molecule has 2 heteroatoms. The van der Waals surface area contributed by atoms with Crippen molar-refractivity contribution >= 4 is 5.69 Å². The van der Waals surface area contributed by atoms with Gasteiger partial charge in [0.25, 0.3) is 0 Å². The van der Waals surface area contributed by atoms with Crippen LogP contribution < -0.4 is 4.90 Å². The summed E-state index contributed by atoms with van der Waals surface area (Å²) in [6, 6.07) is 9.32. The molecule has 3 aliphatic rings. The predicted octanol–water partition coefficient (Wildman–Crippen LogP) is 4.09. The van der Waals surface area contributed by atoms with Gasteiger partial charge >= 0.3 is 0 Å². The van der Waals surface area contributed by atoms with E-state index in [1.54, 1.807) is 0 Å². The molecule has 1 N–H and O–H groups in total. The molecule has 1 spiro atoms. The van der Waals surface area contributed by atoms with Gasteiger partial charge in [-0.15, -0.1) is 0 Å². The van der Waals surface area contributed by atoms with Crippen molar-refractivity contribution in [2.45, 2.75) is 63.4 Å². The fourth-order valence-corrected chi connectivity index (χ4v) is 4.26. The van der Waals surface area contributed by atoms with Crippen molar-refractivity contribution in [1.29, 1.82) is 0 Å². The Morgan fingerprint density at radius 3 is 2.29 bits per heavy atom. The van der Waals surface area contributed by atoms with Crippen molar-refractivity contribution in [3.05, 3.63) is 29.8 Å². The average molecular weight is 285 g/mol. The smallest absolute Gasteiger partial charge is 0.0620 e. The zero-order valence-corrected chi connectivity index (χ0v) is 13.1. The van der Waals surface area contributed by atoms with Crippen LogP contribution in [-0.2, 0) is 0 Å². The fourth-order valence-electron chi connectivity index (χ4n) is 4.26. The Kier molecular flexibility index (Phi) is 3.08. The normalized spacial score (nSPS) is 36.4. The van der Waals surface area contributed by atoms with E-state index in [1.165, 1.54) is 56.4 Å². The maximum absolute atomic E-state index is 10.2. The molecule has 4 rings (SSSR count). The Morgan fingerprint density at radius 2 is 1.67 bits per heavy atom. The summed E-state index contributed by atoms with van der Waals surface area (Å²) < 4.78 is 0. The molecule has 2 saturated carbocycles. The summed E-state index contributed by atoms with van der Waals surface area (Å²) in [5, 5.41) is 10.2. The summed E-state index contributed by atoms with van der Waals surface area (Å²) in [5.41, 5.74) is 2.98. The second-order valence-corrected chi connectivity index (χ2v) is 8.03. The number of hydrogen-bond acceptors (Lipinski definition) is 2. The average Bonchev–Trinajstić information content (AvgIpc) is 3.25. The topological polar surface area (TPSA) is 23.5 Å². The van der Waals surface area contributed by atoms with E-state index < -0.39 is 5.60 Å². The number of anilines is 1. The molecular weight excluding hydrogens is 258 g/mol. The van der Waals surface area contributed by atoms with Crippen LogP contribution in [0.5, 0.6) is 0 Å². The predicted molar refractivity (Wildman–Crippen MR) is 86.8 cm³/mol. The lowest BCUT2D eigenvalue weighted by atomic mass is 9.69. The van der Waals surface area contributed by atoms with Crippen molar-refractivity contribution in [3.63, 3.8) is 0 Å². The SMILES string of the molecule is CC1(O)CCC2(CCN(c3ccc(C4CC4)cc3)C2)CC1. The third kappa shape index (κ3) is 2.70. The Morgan fingerprint density at radius 1 is 1.00 bits per heavy atom. The van der Waals surface area contributed by atoms with E-state index in [9.17, 15) is 5.11 Å². The van der Waals surface area contributed by atoms with Crippen molar-refractivity contribution in [2.75, 3.05) is 18.0 Å². The number of aliphatic hydroxyl groups is 1. The second-order valence-electron chi connectivity index (χ2n) is 8.03. The van der Waals surface area contributed by atoms with Crippen molar-refractivity contribution in [1.82, 2.24) is 0 Å². The van der Waals surface area contributed by atoms with Crippen LogP contribution in [0.15, 0.2) is 24.3 Å². The molecule has 2 nitrogen and oxygen atoms in total. The van der Waals surface area contributed by atoms with Gasteiger partial charge in [-0.2, -0.15) is 0 Å². The molecule has 0 atom stereocenters. The molecule has 21 heavy (non-hydrogen) atoms. The van der Waals surface area contributed by atoms with Crippen molar-refractivity contribution in [3.8, 4) is 0 Å². The van der Waals surface area contributed by atoms with Crippen molar-refractivity contribution < 1.29 is 5.11 Å². The lowest BCUT2D eigenvalue weighted by Gasteiger charge is -2.40. The first-order chi connectivity index (χ1) is 10.1. The van der Waals surface area contributed by atoms with Gasteiger partial charge in [-0.25, -0.2) is 0 Å². The third-order valence-electron chi connectivity index (χ3n) is 6.13. The summed E-state index contributed by atoms with van der Waals surface area (Å²) in [6.45, 7) is 4.37. The van der Waals surface area contributed by atoms with Crippen LogP contribution in [0, 0.1) is 5.41 Å². The molecule has 2 aliphatic carbocycles. The van der Waals surface area contributed by atoms with Crippen LogP contribution in [0.4, 0.5) is 5.69 Å². The molecule has 0 aromatic heterocycles. The molecule has 114 valence electrons. The zero-order chi connectivity index (χ0) is 14.5. The van der Waals surface area contributed by atoms with Crippen LogP contribution in [0.2, 0.25) is 0 Å². The molecule has 1 heterocycles. The lowest BCUT2D eigenvalue weighted by molar-refractivity contribution is -0.0135. The monoisotopic (exact) mass is 285 g/mol. The maximum Gasteiger partial charge on any atom is 0.0620 e. The molecule has 0 radical (unpaired) electrons. The lowest BCUT2D eigenvalue weighted by Crippen LogP contribution is -2.38. The first-order valence-electron chi connectivity index (χ1n) is 8.63. The van der Waals surface area contributed by atoms with E-state index in [1.807, 2.05) is 6.92 Å². The van der Waals surface area contributed by atoms with E-state index in [2.05, 4.69) is 29.2 Å². The minimum Gasteiger partial charge on any atom is -0.390 e. The standard InChI is InChI=1S/C19H27NO/c1-18(21)8-10-19(11-9-18)12-13-20(14-19)17-6-4-16(5-7-17)15-2-3-15/h4-7,15,21H,2-3,8-14H2,1H3. The Hall–Kier alpha value is -1.02. The van der Waals surface area contributed by atoms with Crippen LogP contribution in [-0.4, -0.2) is 23.8 Å². The van der Waals surface area contributed by atoms with Gasteiger partial charge < -0.3 is 10.0 Å². The number of rotatable bonds is 2. The highest BCUT2D eigenvalue weighted by atomic mass is 16.3. The van der Waals surface area contributed by atoms with Crippen LogP contribution in [0.25, 0.3) is 0 Å². The second kappa shape index (κ2) is 4.74. The van der Waals surface area contributed by atoms with Gasteiger partial charge in [0, 0.05) is 18.8 Å². The highest BCUT2D eigenvalue weighted by Crippen LogP contribution is 2.47. The van der Waals surface area contributed by atoms with Gasteiger partial charge in [0.05, 0.1) is 5.60 Å². The quantitative estimate of drug-likeness (QED) is 0.885. The van der Waals surface area contributed by atoms with Crippen LogP contribution in [0.3, 0.4) is 0 Å². The summed E-state index contributed by atoms with van der Waals surface area (Å²) in [6.07, 6.45) is 8.39. The number of nitrogens with zero attached hydrogens (tertiary/aromatic N) is 1. The highest BCUT2D eigenvalue weighted by molar-refractivity contribution is 5.50. The van der Waals surface area contributed by atoms with E-state index in [4.69, 9.17) is 0 Å². The maximum atomic E-state index is 10.2. The molecule has 1 aromatic rings. The third-order valence-corrected chi connectivity index (χ3v) is 6.13. The number of hydrogen-bond donors (Lipinski definition) is 1. The Labute approximate surface area is 128 Å². The molecule has 1 saturated heterocycles. The van der Waals surface area contributed by atoms with E-state index in [0.29, 0.717) is 5.41 Å². The van der Waals surface area contributed by atoms with Gasteiger partial charge in [0.1, 0.15) is 0 Å². The largest absolute Gasteiger partial charge is 0.390 e. The van der Waals surface area contributed by atoms with Gasteiger partial charge in [-0.3, -0.25) is 0 Å².